The lowest BCUT2D eigenvalue weighted by molar-refractivity contribution is -0.223. The van der Waals surface area contributed by atoms with Gasteiger partial charge in [-0.25, -0.2) is 4.79 Å². The van der Waals surface area contributed by atoms with Gasteiger partial charge in [0.1, 0.15) is 17.1 Å². The third kappa shape index (κ3) is 6.75. The molecule has 1 aliphatic carbocycles. The summed E-state index contributed by atoms with van der Waals surface area (Å²) in [5, 5.41) is 23.2. The van der Waals surface area contributed by atoms with Crippen LogP contribution in [-0.4, -0.2) is 42.4 Å². The molecule has 11 nitrogen and oxygen atoms in total. The number of rotatable bonds is 12. The van der Waals surface area contributed by atoms with Gasteiger partial charge in [0.25, 0.3) is 13.7 Å². The average Bonchev–Trinajstić information content (AvgIpc) is 2.92. The predicted octanol–water partition coefficient (Wildman–Crippen LogP) is 4.39. The fourth-order valence-corrected chi connectivity index (χ4v) is 4.80. The Morgan fingerprint density at radius 1 is 1.00 bits per heavy atom. The number of carbonyl (C=O) groups excluding carboxylic acids is 1. The van der Waals surface area contributed by atoms with Crippen LogP contribution in [0.1, 0.15) is 46.4 Å². The van der Waals surface area contributed by atoms with Crippen molar-refractivity contribution in [3.05, 3.63) is 75.9 Å². The number of aromatic carboxylic acids is 1. The van der Waals surface area contributed by atoms with Crippen molar-refractivity contribution in [2.75, 3.05) is 20.3 Å². The zero-order valence-corrected chi connectivity index (χ0v) is 22.4. The molecular formula is C28H27NO10P-. The van der Waals surface area contributed by atoms with Crippen LogP contribution in [0.5, 0.6) is 5.75 Å². The van der Waals surface area contributed by atoms with Crippen LogP contribution < -0.4 is 15.6 Å². The summed E-state index contributed by atoms with van der Waals surface area (Å²) in [6.07, 6.45) is 2.57. The van der Waals surface area contributed by atoms with Crippen molar-refractivity contribution in [2.45, 2.75) is 25.7 Å². The third-order valence-electron chi connectivity index (χ3n) is 6.29. The van der Waals surface area contributed by atoms with Crippen LogP contribution in [0.2, 0.25) is 0 Å². The topological polar surface area (TPSA) is 175 Å². The molecule has 2 aliphatic rings. The summed E-state index contributed by atoms with van der Waals surface area (Å²) in [7, 11) is -3.19. The van der Waals surface area contributed by atoms with E-state index >= 15 is 0 Å². The lowest BCUT2D eigenvalue weighted by Crippen LogP contribution is -2.24. The predicted molar refractivity (Wildman–Crippen MR) is 145 cm³/mol. The fraction of sp³-hybridized carbons (Fsp3) is 0.250. The second kappa shape index (κ2) is 12.4. The van der Waals surface area contributed by atoms with Gasteiger partial charge >= 0.3 is 5.97 Å². The number of phenolic OH excluding ortho intramolecular Hbond substituents is 1. The number of carbonyl (C=O) groups is 2. The highest BCUT2D eigenvalue weighted by Crippen LogP contribution is 2.42. The molecule has 40 heavy (non-hydrogen) atoms. The Morgan fingerprint density at radius 2 is 1.77 bits per heavy atom. The van der Waals surface area contributed by atoms with Gasteiger partial charge in [0.05, 0.1) is 12.2 Å². The van der Waals surface area contributed by atoms with Crippen LogP contribution >= 0.6 is 7.82 Å². The maximum atomic E-state index is 13.0. The minimum atomic E-state index is -4.22. The molecule has 0 bridgehead atoms. The average molecular weight is 568 g/mol. The van der Waals surface area contributed by atoms with E-state index < -0.39 is 19.7 Å². The highest BCUT2D eigenvalue weighted by Gasteiger charge is 2.23. The minimum absolute atomic E-state index is 0.0194. The van der Waals surface area contributed by atoms with Gasteiger partial charge in [-0.2, -0.15) is 0 Å². The van der Waals surface area contributed by atoms with E-state index in [4.69, 9.17) is 4.42 Å². The smallest absolute Gasteiger partial charge is 0.336 e. The number of phenols is 1. The van der Waals surface area contributed by atoms with Crippen LogP contribution in [0.4, 0.5) is 0 Å². The molecule has 1 unspecified atom stereocenters. The number of unbranched alkanes of at least 4 members (excludes halogenated alkanes) is 3. The molecule has 0 spiro atoms. The van der Waals surface area contributed by atoms with E-state index in [0.717, 1.165) is 13.5 Å². The van der Waals surface area contributed by atoms with Crippen LogP contribution in [0.3, 0.4) is 0 Å². The van der Waals surface area contributed by atoms with E-state index in [1.54, 1.807) is 6.07 Å². The van der Waals surface area contributed by atoms with Crippen LogP contribution in [0.15, 0.2) is 63.8 Å². The largest absolute Gasteiger partial charge is 0.756 e. The lowest BCUT2D eigenvalue weighted by Gasteiger charge is -2.19. The van der Waals surface area contributed by atoms with Crippen LogP contribution in [-0.2, 0) is 13.6 Å². The number of amides is 1. The normalized spacial score (nSPS) is 12.8. The molecular weight excluding hydrogens is 541 g/mol. The van der Waals surface area contributed by atoms with E-state index in [9.17, 15) is 34.1 Å². The number of hydrogen-bond donors (Lipinski definition) is 3. The van der Waals surface area contributed by atoms with Crippen molar-refractivity contribution >= 4 is 30.7 Å². The standard InChI is InChI=1S/C28H28NO10P/c1-37-40(35,36)38-13-5-3-2-4-12-29-27(32)17-6-9-20(28(33)34)23(14-17)26-21-10-7-18(30)15-24(21)39-25-16-19(31)8-11-22(25)26/h6-11,14-16,30H,2-5,12-13H2,1H3,(H,29,32)(H,33,34)(H,35,36)/p-1. The molecule has 12 heteroatoms. The number of phosphoric ester groups is 1. The van der Waals surface area contributed by atoms with Crippen molar-refractivity contribution in [3.63, 3.8) is 0 Å². The zero-order chi connectivity index (χ0) is 28.9. The Labute approximate surface area is 228 Å². The Morgan fingerprint density at radius 3 is 2.52 bits per heavy atom. The van der Waals surface area contributed by atoms with Gasteiger partial charge in [-0.1, -0.05) is 12.8 Å². The number of aromatic hydroxyl groups is 1. The number of phosphoric acid groups is 1. The van der Waals surface area contributed by atoms with Crippen LogP contribution in [0, 0.1) is 0 Å². The van der Waals surface area contributed by atoms with E-state index in [-0.39, 0.29) is 45.8 Å². The second-order valence-corrected chi connectivity index (χ2v) is 10.5. The molecule has 2 aromatic rings. The van der Waals surface area contributed by atoms with E-state index in [1.165, 1.54) is 48.5 Å². The Balaban J connectivity index is 1.56. The van der Waals surface area contributed by atoms with E-state index in [2.05, 4.69) is 14.4 Å². The molecule has 1 atom stereocenters. The summed E-state index contributed by atoms with van der Waals surface area (Å²) in [5.74, 6) is -1.47. The summed E-state index contributed by atoms with van der Waals surface area (Å²) in [4.78, 5) is 48.3. The minimum Gasteiger partial charge on any atom is -0.756 e. The van der Waals surface area contributed by atoms with Crippen molar-refractivity contribution in [1.29, 1.82) is 0 Å². The van der Waals surface area contributed by atoms with Crippen molar-refractivity contribution in [2.24, 2.45) is 0 Å². The van der Waals surface area contributed by atoms with Crippen molar-refractivity contribution < 1.29 is 42.7 Å². The van der Waals surface area contributed by atoms with Gasteiger partial charge in [-0.05, 0) is 60.9 Å². The van der Waals surface area contributed by atoms with Gasteiger partial charge in [-0.15, -0.1) is 0 Å². The SMILES string of the molecule is COP(=O)([O-])OCCCCCCNC(=O)c1ccc(C(=O)O)c(-c2c3ccc(=O)cc-3oc3cc(O)ccc23)c1. The van der Waals surface area contributed by atoms with Gasteiger partial charge in [0, 0.05) is 47.9 Å². The molecule has 1 aliphatic heterocycles. The van der Waals surface area contributed by atoms with Gasteiger partial charge in [0.15, 0.2) is 5.43 Å². The molecule has 0 radical (unpaired) electrons. The number of benzene rings is 3. The summed E-state index contributed by atoms with van der Waals surface area (Å²) < 4.78 is 25.9. The van der Waals surface area contributed by atoms with Gasteiger partial charge in [-0.3, -0.25) is 14.2 Å². The summed E-state index contributed by atoms with van der Waals surface area (Å²) in [5.41, 5.74) is 1.29. The van der Waals surface area contributed by atoms with Crippen LogP contribution in [0.25, 0.3) is 33.4 Å². The maximum absolute atomic E-state index is 13.0. The highest BCUT2D eigenvalue weighted by atomic mass is 31.2. The Bertz CT molecular complexity index is 1630. The quantitative estimate of drug-likeness (QED) is 0.126. The number of fused-ring (bicyclic) bond motifs is 2. The lowest BCUT2D eigenvalue weighted by atomic mass is 9.89. The van der Waals surface area contributed by atoms with Crippen molar-refractivity contribution in [1.82, 2.24) is 5.32 Å². The first-order chi connectivity index (χ1) is 19.1. The van der Waals surface area contributed by atoms with Gasteiger partial charge < -0.3 is 33.9 Å². The molecule has 0 fully saturated rings. The molecule has 3 N–H and O–H groups in total. The molecule has 0 saturated carbocycles. The van der Waals surface area contributed by atoms with E-state index in [1.807, 2.05) is 0 Å². The summed E-state index contributed by atoms with van der Waals surface area (Å²) in [6.45, 7) is 0.376. The number of carboxylic acid groups (broad SMARTS) is 1. The molecule has 0 saturated heterocycles. The highest BCUT2D eigenvalue weighted by molar-refractivity contribution is 7.45. The summed E-state index contributed by atoms with van der Waals surface area (Å²) in [6, 6.07) is 12.8. The summed E-state index contributed by atoms with van der Waals surface area (Å²) >= 11 is 0. The first kappa shape index (κ1) is 29.0. The molecule has 1 amide bonds. The maximum Gasteiger partial charge on any atom is 0.336 e. The number of carboxylic acids is 1. The second-order valence-electron chi connectivity index (χ2n) is 9.01. The number of nitrogens with one attached hydrogen (secondary N) is 1. The third-order valence-corrected chi connectivity index (χ3v) is 7.23. The van der Waals surface area contributed by atoms with Crippen molar-refractivity contribution in [3.8, 4) is 28.2 Å². The molecule has 210 valence electrons. The Kier molecular flexibility index (Phi) is 9.01. The Hall–Kier alpha value is -4.02. The molecule has 0 aromatic heterocycles. The first-order valence-electron chi connectivity index (χ1n) is 12.5. The zero-order valence-electron chi connectivity index (χ0n) is 21.5. The van der Waals surface area contributed by atoms with E-state index in [0.29, 0.717) is 42.3 Å². The molecule has 2 aromatic carbocycles. The monoisotopic (exact) mass is 568 g/mol. The molecule has 4 rings (SSSR count). The van der Waals surface area contributed by atoms with Gasteiger partial charge in [0.2, 0.25) is 0 Å². The molecule has 1 heterocycles. The number of hydrogen-bond acceptors (Lipinski definition) is 9. The first-order valence-corrected chi connectivity index (χ1v) is 13.9. The fourth-order valence-electron chi connectivity index (χ4n) is 4.34.